The molecule has 0 saturated carbocycles. The first kappa shape index (κ1) is 13.6. The summed E-state index contributed by atoms with van der Waals surface area (Å²) in [5.41, 5.74) is 0.317. The Morgan fingerprint density at radius 2 is 2.00 bits per heavy atom. The van der Waals surface area contributed by atoms with Gasteiger partial charge in [-0.1, -0.05) is 12.1 Å². The summed E-state index contributed by atoms with van der Waals surface area (Å²) in [7, 11) is 0. The van der Waals surface area contributed by atoms with E-state index >= 15 is 0 Å². The summed E-state index contributed by atoms with van der Waals surface area (Å²) in [6, 6.07) is 4.87. The molecule has 1 aliphatic rings. The fraction of sp³-hybridized carbons (Fsp3) is 0.462. The van der Waals surface area contributed by atoms with Crippen LogP contribution in [0.15, 0.2) is 24.3 Å². The molecule has 104 valence electrons. The molecule has 1 N–H and O–H groups in total. The van der Waals surface area contributed by atoms with E-state index in [1.54, 1.807) is 12.1 Å². The number of hydrogen-bond acceptors (Lipinski definition) is 3. The lowest BCUT2D eigenvalue weighted by atomic mass is 10.00. The van der Waals surface area contributed by atoms with E-state index in [0.29, 0.717) is 11.3 Å². The van der Waals surface area contributed by atoms with Gasteiger partial charge in [-0.25, -0.2) is 13.6 Å². The van der Waals surface area contributed by atoms with Crippen molar-refractivity contribution < 1.29 is 23.0 Å². The Morgan fingerprint density at radius 1 is 1.37 bits per heavy atom. The Morgan fingerprint density at radius 3 is 2.58 bits per heavy atom. The molecule has 0 aliphatic carbocycles. The summed E-state index contributed by atoms with van der Waals surface area (Å²) in [4.78, 5) is 11.1. The van der Waals surface area contributed by atoms with Crippen molar-refractivity contribution in [3.05, 3.63) is 29.8 Å². The number of carbonyl (C=O) groups is 1. The summed E-state index contributed by atoms with van der Waals surface area (Å²) in [5.74, 6) is -2.53. The largest absolute Gasteiger partial charge is 0.491 e. The van der Waals surface area contributed by atoms with Gasteiger partial charge in [-0.05, 0) is 31.5 Å². The van der Waals surface area contributed by atoms with Gasteiger partial charge < -0.3 is 14.8 Å². The molecule has 1 aliphatic heterocycles. The second kappa shape index (κ2) is 5.03. The maximum Gasteiger partial charge on any atom is 0.408 e. The quantitative estimate of drug-likeness (QED) is 0.919. The average Bonchev–Trinajstić information content (AvgIpc) is 2.33. The van der Waals surface area contributed by atoms with Gasteiger partial charge >= 0.3 is 12.0 Å². The molecule has 0 spiro atoms. The van der Waals surface area contributed by atoms with E-state index in [1.165, 1.54) is 12.1 Å². The van der Waals surface area contributed by atoms with E-state index in [-0.39, 0.29) is 6.10 Å². The second-order valence-corrected chi connectivity index (χ2v) is 4.65. The smallest absolute Gasteiger partial charge is 0.408 e. The number of rotatable bonds is 3. The molecule has 4 nitrogen and oxygen atoms in total. The fourth-order valence-electron chi connectivity index (χ4n) is 1.85. The molecule has 1 atom stereocenters. The maximum atomic E-state index is 13.7. The number of hydrogen-bond donors (Lipinski definition) is 1. The number of halogens is 2. The molecule has 0 radical (unpaired) electrons. The van der Waals surface area contributed by atoms with Gasteiger partial charge in [0.25, 0.3) is 0 Å². The van der Waals surface area contributed by atoms with Crippen molar-refractivity contribution in [2.24, 2.45) is 0 Å². The van der Waals surface area contributed by atoms with E-state index < -0.39 is 24.7 Å². The van der Waals surface area contributed by atoms with Crippen LogP contribution in [0.1, 0.15) is 25.5 Å². The molecule has 0 bridgehead atoms. The number of amides is 1. The van der Waals surface area contributed by atoms with Gasteiger partial charge in [-0.15, -0.1) is 0 Å². The third-order valence-electron chi connectivity index (χ3n) is 2.67. The fourth-order valence-corrected chi connectivity index (χ4v) is 1.85. The molecule has 1 heterocycles. The molecule has 0 aromatic heterocycles. The molecular weight excluding hydrogens is 256 g/mol. The second-order valence-electron chi connectivity index (χ2n) is 4.65. The first-order valence-electron chi connectivity index (χ1n) is 5.96. The molecule has 1 saturated heterocycles. The van der Waals surface area contributed by atoms with Crippen molar-refractivity contribution in [2.75, 3.05) is 6.61 Å². The molecule has 0 unspecified atom stereocenters. The molecule has 1 aromatic carbocycles. The Labute approximate surface area is 109 Å². The Hall–Kier alpha value is -1.85. The highest BCUT2D eigenvalue weighted by molar-refractivity contribution is 5.69. The standard InChI is InChI=1S/C13H15F2NO3/c1-8(2)19-10-5-3-9(4-6-10)11-13(14,15)7-18-12(17)16-11/h3-6,8,11H,7H2,1-2H3,(H,16,17)/t11-/m1/s1. The van der Waals surface area contributed by atoms with Gasteiger partial charge in [0.2, 0.25) is 0 Å². The van der Waals surface area contributed by atoms with Crippen molar-refractivity contribution in [3.63, 3.8) is 0 Å². The van der Waals surface area contributed by atoms with E-state index in [0.717, 1.165) is 0 Å². The number of nitrogens with one attached hydrogen (secondary N) is 1. The Balaban J connectivity index is 2.18. The molecule has 1 amide bonds. The monoisotopic (exact) mass is 271 g/mol. The number of carbonyl (C=O) groups excluding carboxylic acids is 1. The Bertz CT molecular complexity index is 459. The zero-order chi connectivity index (χ0) is 14.0. The lowest BCUT2D eigenvalue weighted by molar-refractivity contribution is -0.104. The summed E-state index contributed by atoms with van der Waals surface area (Å²) >= 11 is 0. The minimum atomic E-state index is -3.13. The van der Waals surface area contributed by atoms with Crippen LogP contribution >= 0.6 is 0 Å². The first-order valence-corrected chi connectivity index (χ1v) is 5.96. The van der Waals surface area contributed by atoms with Gasteiger partial charge in [0.1, 0.15) is 11.8 Å². The van der Waals surface area contributed by atoms with Gasteiger partial charge in [0.05, 0.1) is 6.10 Å². The van der Waals surface area contributed by atoms with E-state index in [2.05, 4.69) is 10.1 Å². The minimum Gasteiger partial charge on any atom is -0.491 e. The molecule has 19 heavy (non-hydrogen) atoms. The molecule has 2 rings (SSSR count). The predicted molar refractivity (Wildman–Crippen MR) is 64.4 cm³/mol. The third-order valence-corrected chi connectivity index (χ3v) is 2.67. The highest BCUT2D eigenvalue weighted by Gasteiger charge is 2.46. The Kier molecular flexibility index (Phi) is 3.59. The van der Waals surface area contributed by atoms with Crippen LogP contribution in [-0.2, 0) is 4.74 Å². The van der Waals surface area contributed by atoms with E-state index in [4.69, 9.17) is 4.74 Å². The van der Waals surface area contributed by atoms with E-state index in [1.807, 2.05) is 13.8 Å². The SMILES string of the molecule is CC(C)Oc1ccc([C@H]2NC(=O)OCC2(F)F)cc1. The lowest BCUT2D eigenvalue weighted by Crippen LogP contribution is -2.49. The summed E-state index contributed by atoms with van der Waals surface area (Å²) < 4.78 is 37.1. The van der Waals surface area contributed by atoms with Crippen LogP contribution < -0.4 is 10.1 Å². The van der Waals surface area contributed by atoms with Gasteiger partial charge in [0, 0.05) is 0 Å². The van der Waals surface area contributed by atoms with Crippen LogP contribution in [0.4, 0.5) is 13.6 Å². The van der Waals surface area contributed by atoms with E-state index in [9.17, 15) is 13.6 Å². The molecule has 6 heteroatoms. The number of cyclic esters (lactones) is 1. The van der Waals surface area contributed by atoms with Gasteiger partial charge in [0.15, 0.2) is 6.61 Å². The zero-order valence-corrected chi connectivity index (χ0v) is 10.7. The number of alkyl carbamates (subject to hydrolysis) is 1. The van der Waals surface area contributed by atoms with Crippen molar-refractivity contribution in [1.82, 2.24) is 5.32 Å². The maximum absolute atomic E-state index is 13.7. The predicted octanol–water partition coefficient (Wildman–Crippen LogP) is 2.89. The van der Waals surface area contributed by atoms with Crippen molar-refractivity contribution >= 4 is 6.09 Å². The first-order chi connectivity index (χ1) is 8.88. The normalized spacial score (nSPS) is 21.7. The number of alkyl halides is 2. The van der Waals surface area contributed by atoms with Crippen LogP contribution in [0.2, 0.25) is 0 Å². The van der Waals surface area contributed by atoms with Crippen molar-refractivity contribution in [1.29, 1.82) is 0 Å². The van der Waals surface area contributed by atoms with Crippen LogP contribution in [0.25, 0.3) is 0 Å². The van der Waals surface area contributed by atoms with Gasteiger partial charge in [-0.2, -0.15) is 0 Å². The summed E-state index contributed by atoms with van der Waals surface area (Å²) in [6.45, 7) is 2.84. The number of benzene rings is 1. The molecule has 1 aromatic rings. The van der Waals surface area contributed by atoms with Crippen molar-refractivity contribution in [3.8, 4) is 5.75 Å². The average molecular weight is 271 g/mol. The molecule has 1 fully saturated rings. The number of ether oxygens (including phenoxy) is 2. The van der Waals surface area contributed by atoms with Crippen LogP contribution in [0.3, 0.4) is 0 Å². The topological polar surface area (TPSA) is 47.6 Å². The summed E-state index contributed by atoms with van der Waals surface area (Å²) in [6.07, 6.45) is -0.825. The lowest BCUT2D eigenvalue weighted by Gasteiger charge is -2.31. The third kappa shape index (κ3) is 3.13. The van der Waals surface area contributed by atoms with Gasteiger partial charge in [-0.3, -0.25) is 0 Å². The van der Waals surface area contributed by atoms with Crippen LogP contribution in [0, 0.1) is 0 Å². The van der Waals surface area contributed by atoms with Crippen molar-refractivity contribution in [2.45, 2.75) is 31.9 Å². The molecular formula is C13H15F2NO3. The highest BCUT2D eigenvalue weighted by atomic mass is 19.3. The zero-order valence-electron chi connectivity index (χ0n) is 10.7. The minimum absolute atomic E-state index is 0.00933. The van der Waals surface area contributed by atoms with Crippen LogP contribution in [0.5, 0.6) is 5.75 Å². The highest BCUT2D eigenvalue weighted by Crippen LogP contribution is 2.34. The van der Waals surface area contributed by atoms with Crippen LogP contribution in [-0.4, -0.2) is 24.7 Å². The summed E-state index contributed by atoms with van der Waals surface area (Å²) in [5, 5.41) is 2.13.